The Morgan fingerprint density at radius 3 is 2.44 bits per heavy atom. The Morgan fingerprint density at radius 2 is 1.81 bits per heavy atom. The van der Waals surface area contributed by atoms with E-state index in [-0.39, 0.29) is 5.82 Å². The highest BCUT2D eigenvalue weighted by molar-refractivity contribution is 5.65. The summed E-state index contributed by atoms with van der Waals surface area (Å²) in [5.41, 5.74) is 2.18. The fourth-order valence-electron chi connectivity index (χ4n) is 1.43. The van der Waals surface area contributed by atoms with Crippen molar-refractivity contribution >= 4 is 0 Å². The van der Waals surface area contributed by atoms with Gasteiger partial charge in [0.2, 0.25) is 0 Å². The van der Waals surface area contributed by atoms with Gasteiger partial charge in [-0.05, 0) is 31.2 Å². The first-order chi connectivity index (χ1) is 7.70. The fourth-order valence-corrected chi connectivity index (χ4v) is 1.43. The first-order valence-corrected chi connectivity index (χ1v) is 4.85. The van der Waals surface area contributed by atoms with Gasteiger partial charge in [-0.25, -0.2) is 4.39 Å². The van der Waals surface area contributed by atoms with Gasteiger partial charge in [0.1, 0.15) is 17.3 Å². The first kappa shape index (κ1) is 10.5. The molecule has 0 radical (unpaired) electrons. The average Bonchev–Trinajstić information content (AvgIpc) is 2.30. The lowest BCUT2D eigenvalue weighted by Gasteiger charge is -2.07. The molecule has 2 rings (SSSR count). The third-order valence-corrected chi connectivity index (χ3v) is 2.22. The van der Waals surface area contributed by atoms with Crippen LogP contribution in [0.15, 0.2) is 30.3 Å². The number of aryl methyl sites for hydroxylation is 1. The van der Waals surface area contributed by atoms with Gasteiger partial charge in [-0.15, -0.1) is 5.10 Å². The predicted octanol–water partition coefficient (Wildman–Crippen LogP) is 2.60. The van der Waals surface area contributed by atoms with Crippen molar-refractivity contribution in [3.05, 3.63) is 41.8 Å². The maximum Gasteiger partial charge on any atom is 0.148 e. The molecule has 3 nitrogen and oxygen atoms in total. The van der Waals surface area contributed by atoms with Crippen molar-refractivity contribution in [2.24, 2.45) is 0 Å². The minimum Gasteiger partial charge on any atom is -0.494 e. The van der Waals surface area contributed by atoms with Crippen molar-refractivity contribution in [3.63, 3.8) is 0 Å². The minimum absolute atomic E-state index is 0.275. The van der Waals surface area contributed by atoms with E-state index in [4.69, 9.17) is 4.74 Å². The normalized spacial score (nSPS) is 10.2. The number of benzene rings is 1. The molecule has 0 aliphatic rings. The maximum atomic E-state index is 12.8. The van der Waals surface area contributed by atoms with Gasteiger partial charge in [-0.1, -0.05) is 0 Å². The molecule has 1 heterocycles. The summed E-state index contributed by atoms with van der Waals surface area (Å²) in [4.78, 5) is 0. The van der Waals surface area contributed by atoms with Crippen LogP contribution < -0.4 is 4.74 Å². The Bertz CT molecular complexity index is 497. The van der Waals surface area contributed by atoms with Gasteiger partial charge in [-0.3, -0.25) is 0 Å². The van der Waals surface area contributed by atoms with Crippen LogP contribution in [0.2, 0.25) is 0 Å². The maximum absolute atomic E-state index is 12.8. The molecule has 0 saturated carbocycles. The van der Waals surface area contributed by atoms with Crippen molar-refractivity contribution in [2.45, 2.75) is 6.92 Å². The summed E-state index contributed by atoms with van der Waals surface area (Å²) < 4.78 is 18.0. The Kier molecular flexibility index (Phi) is 2.81. The summed E-state index contributed by atoms with van der Waals surface area (Å²) >= 11 is 0. The van der Waals surface area contributed by atoms with Crippen LogP contribution in [0.25, 0.3) is 11.3 Å². The number of halogens is 1. The van der Waals surface area contributed by atoms with E-state index >= 15 is 0 Å². The summed E-state index contributed by atoms with van der Waals surface area (Å²) in [6.45, 7) is 1.84. The molecular weight excluding hydrogens is 207 g/mol. The zero-order chi connectivity index (χ0) is 11.5. The molecule has 1 aromatic heterocycles. The average molecular weight is 218 g/mol. The van der Waals surface area contributed by atoms with Gasteiger partial charge in [0, 0.05) is 11.6 Å². The summed E-state index contributed by atoms with van der Waals surface area (Å²) in [6, 6.07) is 7.87. The molecule has 0 amide bonds. The van der Waals surface area contributed by atoms with E-state index in [1.165, 1.54) is 12.1 Å². The van der Waals surface area contributed by atoms with Crippen molar-refractivity contribution in [1.29, 1.82) is 0 Å². The van der Waals surface area contributed by atoms with E-state index in [1.54, 1.807) is 25.3 Å². The quantitative estimate of drug-likeness (QED) is 0.777. The van der Waals surface area contributed by atoms with E-state index in [0.29, 0.717) is 11.4 Å². The molecule has 16 heavy (non-hydrogen) atoms. The van der Waals surface area contributed by atoms with Crippen LogP contribution in [0.3, 0.4) is 0 Å². The Hall–Kier alpha value is -1.97. The van der Waals surface area contributed by atoms with Crippen molar-refractivity contribution in [3.8, 4) is 17.0 Å². The van der Waals surface area contributed by atoms with Crippen LogP contribution in [-0.4, -0.2) is 17.3 Å². The first-order valence-electron chi connectivity index (χ1n) is 4.85. The number of hydrogen-bond donors (Lipinski definition) is 0. The summed E-state index contributed by atoms with van der Waals surface area (Å²) in [6.07, 6.45) is 0. The lowest BCUT2D eigenvalue weighted by atomic mass is 10.1. The largest absolute Gasteiger partial charge is 0.494 e. The molecule has 82 valence electrons. The molecule has 1 aromatic carbocycles. The number of rotatable bonds is 2. The molecular formula is C12H11FN2O. The number of aromatic nitrogens is 2. The van der Waals surface area contributed by atoms with Crippen molar-refractivity contribution in [1.82, 2.24) is 10.2 Å². The molecule has 4 heteroatoms. The van der Waals surface area contributed by atoms with Crippen LogP contribution in [0.4, 0.5) is 4.39 Å². The van der Waals surface area contributed by atoms with Crippen LogP contribution in [0.5, 0.6) is 5.75 Å². The van der Waals surface area contributed by atoms with E-state index in [1.807, 2.05) is 6.92 Å². The van der Waals surface area contributed by atoms with Gasteiger partial charge in [-0.2, -0.15) is 5.10 Å². The molecule has 0 saturated heterocycles. The topological polar surface area (TPSA) is 35.0 Å². The van der Waals surface area contributed by atoms with E-state index in [2.05, 4.69) is 10.2 Å². The zero-order valence-corrected chi connectivity index (χ0v) is 9.07. The third-order valence-electron chi connectivity index (χ3n) is 2.22. The van der Waals surface area contributed by atoms with Crippen LogP contribution in [0, 0.1) is 12.7 Å². The molecule has 0 bridgehead atoms. The molecule has 0 unspecified atom stereocenters. The SMILES string of the molecule is COc1cc(C)nnc1-c1ccc(F)cc1. The molecule has 0 fully saturated rings. The lowest BCUT2D eigenvalue weighted by Crippen LogP contribution is -1.95. The standard InChI is InChI=1S/C12H11FN2O/c1-8-7-11(16-2)12(15-14-8)9-3-5-10(13)6-4-9/h3-7H,1-2H3. The van der Waals surface area contributed by atoms with Gasteiger partial charge in [0.15, 0.2) is 0 Å². The van der Waals surface area contributed by atoms with Crippen LogP contribution in [0.1, 0.15) is 5.69 Å². The predicted molar refractivity (Wildman–Crippen MR) is 58.7 cm³/mol. The summed E-state index contributed by atoms with van der Waals surface area (Å²) in [7, 11) is 1.57. The Balaban J connectivity index is 2.51. The van der Waals surface area contributed by atoms with Crippen molar-refractivity contribution < 1.29 is 9.13 Å². The zero-order valence-electron chi connectivity index (χ0n) is 9.07. The molecule has 0 aliphatic carbocycles. The Morgan fingerprint density at radius 1 is 1.12 bits per heavy atom. The molecule has 2 aromatic rings. The number of hydrogen-bond acceptors (Lipinski definition) is 3. The highest BCUT2D eigenvalue weighted by Gasteiger charge is 2.08. The molecule has 0 spiro atoms. The molecule has 0 atom stereocenters. The van der Waals surface area contributed by atoms with E-state index in [9.17, 15) is 4.39 Å². The third kappa shape index (κ3) is 2.00. The fraction of sp³-hybridized carbons (Fsp3) is 0.167. The second-order valence-electron chi connectivity index (χ2n) is 3.41. The lowest BCUT2D eigenvalue weighted by molar-refractivity contribution is 0.413. The number of ether oxygens (including phenoxy) is 1. The van der Waals surface area contributed by atoms with Crippen LogP contribution >= 0.6 is 0 Å². The monoisotopic (exact) mass is 218 g/mol. The van der Waals surface area contributed by atoms with Crippen molar-refractivity contribution in [2.75, 3.05) is 7.11 Å². The van der Waals surface area contributed by atoms with Gasteiger partial charge in [0.25, 0.3) is 0 Å². The highest BCUT2D eigenvalue weighted by atomic mass is 19.1. The van der Waals surface area contributed by atoms with Gasteiger partial charge >= 0.3 is 0 Å². The highest BCUT2D eigenvalue weighted by Crippen LogP contribution is 2.27. The molecule has 0 aliphatic heterocycles. The van der Waals surface area contributed by atoms with Gasteiger partial charge < -0.3 is 4.74 Å². The van der Waals surface area contributed by atoms with E-state index in [0.717, 1.165) is 11.3 Å². The van der Waals surface area contributed by atoms with Gasteiger partial charge in [0.05, 0.1) is 12.8 Å². The number of nitrogens with zero attached hydrogens (tertiary/aromatic N) is 2. The smallest absolute Gasteiger partial charge is 0.148 e. The Labute approximate surface area is 92.9 Å². The van der Waals surface area contributed by atoms with E-state index < -0.39 is 0 Å². The summed E-state index contributed by atoms with van der Waals surface area (Å²) in [5.74, 6) is 0.363. The second kappa shape index (κ2) is 4.26. The second-order valence-corrected chi connectivity index (χ2v) is 3.41. The van der Waals surface area contributed by atoms with Crippen LogP contribution in [-0.2, 0) is 0 Å². The number of methoxy groups -OCH3 is 1. The molecule has 0 N–H and O–H groups in total. The summed E-state index contributed by atoms with van der Waals surface area (Å²) in [5, 5.41) is 8.01. The minimum atomic E-state index is -0.275.